The predicted octanol–water partition coefficient (Wildman–Crippen LogP) is 3.68. The Balaban J connectivity index is 1.90. The maximum Gasteiger partial charge on any atom is 0.271 e. The number of nitro groups is 1. The molecule has 0 bridgehead atoms. The zero-order chi connectivity index (χ0) is 21.7. The lowest BCUT2D eigenvalue weighted by Gasteiger charge is -2.27. The highest BCUT2D eigenvalue weighted by molar-refractivity contribution is 7.80. The topological polar surface area (TPSA) is 128 Å². The van der Waals surface area contributed by atoms with E-state index in [4.69, 9.17) is 23.7 Å². The summed E-state index contributed by atoms with van der Waals surface area (Å²) in [4.78, 5) is 23.7. The van der Waals surface area contributed by atoms with Gasteiger partial charge in [0.25, 0.3) is 5.69 Å². The van der Waals surface area contributed by atoms with Crippen LogP contribution in [0.1, 0.15) is 15.9 Å². The Hall–Kier alpha value is -3.98. The van der Waals surface area contributed by atoms with Crippen LogP contribution in [0.25, 0.3) is 0 Å². The van der Waals surface area contributed by atoms with Gasteiger partial charge in [0.2, 0.25) is 5.91 Å². The molecule has 0 heterocycles. The number of thiocarbonyl (C=S) groups is 1. The molecular weight excluding hydrogens is 402 g/mol. The van der Waals surface area contributed by atoms with Gasteiger partial charge >= 0.3 is 0 Å². The molecule has 3 aromatic carbocycles. The van der Waals surface area contributed by atoms with Crippen LogP contribution < -0.4 is 21.7 Å². The molecule has 3 rings (SSSR count). The minimum Gasteiger partial charge on any atom is -0.397 e. The number of non-ortho nitro benzene ring substituents is 1. The van der Waals surface area contributed by atoms with Crippen molar-refractivity contribution in [2.75, 3.05) is 16.0 Å². The summed E-state index contributed by atoms with van der Waals surface area (Å²) < 4.78 is 0. The maximum absolute atomic E-state index is 11.3. The van der Waals surface area contributed by atoms with Crippen LogP contribution in [-0.2, 0) is 6.54 Å². The van der Waals surface area contributed by atoms with Gasteiger partial charge in [0.1, 0.15) is 0 Å². The number of primary amides is 1. The van der Waals surface area contributed by atoms with Gasteiger partial charge in [0, 0.05) is 23.4 Å². The Morgan fingerprint density at radius 3 is 2.40 bits per heavy atom. The van der Waals surface area contributed by atoms with Crippen molar-refractivity contribution in [1.29, 1.82) is 0 Å². The predicted molar refractivity (Wildman–Crippen MR) is 121 cm³/mol. The number of nitro benzene ring substituents is 1. The molecule has 8 nitrogen and oxygen atoms in total. The number of amides is 1. The molecule has 152 valence electrons. The molecule has 9 heteroatoms. The maximum atomic E-state index is 11.3. The molecule has 1 amide bonds. The van der Waals surface area contributed by atoms with E-state index in [1.54, 1.807) is 47.4 Å². The van der Waals surface area contributed by atoms with Gasteiger partial charge in [-0.05, 0) is 48.1 Å². The number of nitrogens with one attached hydrogen (secondary N) is 1. The standard InChI is InChI=1S/C21H19N5O3S/c22-18-6-1-2-7-19(18)25(13-14-8-10-15(11-9-14)20(23)27)21(30)24-16-4-3-5-17(12-16)26(28)29/h1-12H,13,22H2,(H2,23,27)(H,24,30). The minimum atomic E-state index is -0.506. The smallest absolute Gasteiger partial charge is 0.271 e. The Kier molecular flexibility index (Phi) is 6.23. The van der Waals surface area contributed by atoms with Gasteiger partial charge in [-0.2, -0.15) is 0 Å². The molecule has 30 heavy (non-hydrogen) atoms. The average Bonchev–Trinajstić information content (AvgIpc) is 2.73. The molecule has 0 aliphatic carbocycles. The van der Waals surface area contributed by atoms with Gasteiger partial charge in [0.05, 0.1) is 22.8 Å². The first-order valence-corrected chi connectivity index (χ1v) is 9.32. The molecule has 0 radical (unpaired) electrons. The van der Waals surface area contributed by atoms with E-state index in [9.17, 15) is 14.9 Å². The van der Waals surface area contributed by atoms with Gasteiger partial charge < -0.3 is 21.7 Å². The van der Waals surface area contributed by atoms with Crippen LogP contribution in [0.3, 0.4) is 0 Å². The molecule has 0 aromatic heterocycles. The first-order chi connectivity index (χ1) is 14.3. The Morgan fingerprint density at radius 2 is 1.77 bits per heavy atom. The van der Waals surface area contributed by atoms with E-state index >= 15 is 0 Å². The van der Waals surface area contributed by atoms with Crippen LogP contribution in [-0.4, -0.2) is 15.9 Å². The van der Waals surface area contributed by atoms with Crippen molar-refractivity contribution >= 4 is 46.0 Å². The highest BCUT2D eigenvalue weighted by atomic mass is 32.1. The molecule has 0 atom stereocenters. The second kappa shape index (κ2) is 9.01. The van der Waals surface area contributed by atoms with Crippen molar-refractivity contribution in [2.45, 2.75) is 6.54 Å². The third-order valence-corrected chi connectivity index (χ3v) is 4.68. The summed E-state index contributed by atoms with van der Waals surface area (Å²) in [7, 11) is 0. The number of nitrogen functional groups attached to an aromatic ring is 1. The number of nitrogens with zero attached hydrogens (tertiary/aromatic N) is 2. The van der Waals surface area contributed by atoms with Crippen molar-refractivity contribution in [3.8, 4) is 0 Å². The third kappa shape index (κ3) is 4.89. The number of carbonyl (C=O) groups excluding carboxylic acids is 1. The molecule has 0 fully saturated rings. The number of carbonyl (C=O) groups is 1. The minimum absolute atomic E-state index is 0.0457. The zero-order valence-electron chi connectivity index (χ0n) is 15.8. The van der Waals surface area contributed by atoms with Crippen LogP contribution >= 0.6 is 12.2 Å². The van der Waals surface area contributed by atoms with E-state index in [0.717, 1.165) is 5.56 Å². The summed E-state index contributed by atoms with van der Waals surface area (Å²) in [6, 6.07) is 20.2. The summed E-state index contributed by atoms with van der Waals surface area (Å²) >= 11 is 5.59. The van der Waals surface area contributed by atoms with Crippen molar-refractivity contribution in [3.63, 3.8) is 0 Å². The Bertz CT molecular complexity index is 1100. The molecule has 0 aliphatic rings. The zero-order valence-corrected chi connectivity index (χ0v) is 16.6. The number of rotatable bonds is 6. The van der Waals surface area contributed by atoms with Crippen LogP contribution in [0, 0.1) is 10.1 Å². The number of para-hydroxylation sites is 2. The van der Waals surface area contributed by atoms with E-state index in [1.165, 1.54) is 12.1 Å². The van der Waals surface area contributed by atoms with Crippen LogP contribution in [0.2, 0.25) is 0 Å². The largest absolute Gasteiger partial charge is 0.397 e. The fourth-order valence-corrected chi connectivity index (χ4v) is 3.13. The summed E-state index contributed by atoms with van der Waals surface area (Å²) in [5, 5.41) is 14.4. The average molecular weight is 421 g/mol. The SMILES string of the molecule is NC(=O)c1ccc(CN(C(=S)Nc2cccc([N+](=O)[O-])c2)c2ccccc2N)cc1. The van der Waals surface area contributed by atoms with E-state index in [2.05, 4.69) is 5.32 Å². The van der Waals surface area contributed by atoms with Crippen molar-refractivity contribution in [3.05, 3.63) is 94.0 Å². The quantitative estimate of drug-likeness (QED) is 0.240. The lowest BCUT2D eigenvalue weighted by atomic mass is 10.1. The third-order valence-electron chi connectivity index (χ3n) is 4.36. The van der Waals surface area contributed by atoms with Gasteiger partial charge in [0.15, 0.2) is 5.11 Å². The number of benzene rings is 3. The number of hydrogen-bond acceptors (Lipinski definition) is 5. The van der Waals surface area contributed by atoms with Crippen LogP contribution in [0.4, 0.5) is 22.7 Å². The van der Waals surface area contributed by atoms with Gasteiger partial charge in [-0.1, -0.05) is 30.3 Å². The summed E-state index contributed by atoms with van der Waals surface area (Å²) in [5.41, 5.74) is 14.4. The molecule has 0 unspecified atom stereocenters. The van der Waals surface area contributed by atoms with Crippen molar-refractivity contribution < 1.29 is 9.72 Å². The molecule has 0 spiro atoms. The first kappa shape index (κ1) is 20.7. The van der Waals surface area contributed by atoms with Crippen molar-refractivity contribution in [2.24, 2.45) is 5.73 Å². The highest BCUT2D eigenvalue weighted by Crippen LogP contribution is 2.26. The van der Waals surface area contributed by atoms with Gasteiger partial charge in [-0.25, -0.2) is 0 Å². The van der Waals surface area contributed by atoms with Gasteiger partial charge in [-0.15, -0.1) is 0 Å². The molecular formula is C21H19N5O3S. The van der Waals surface area contributed by atoms with E-state index in [-0.39, 0.29) is 5.69 Å². The number of nitrogens with two attached hydrogens (primary N) is 2. The fraction of sp³-hybridized carbons (Fsp3) is 0.0476. The normalized spacial score (nSPS) is 10.3. The molecule has 5 N–H and O–H groups in total. The highest BCUT2D eigenvalue weighted by Gasteiger charge is 2.17. The number of hydrogen-bond donors (Lipinski definition) is 3. The summed E-state index contributed by atoms with van der Waals surface area (Å²) in [6.45, 7) is 0.355. The van der Waals surface area contributed by atoms with E-state index < -0.39 is 10.8 Å². The van der Waals surface area contributed by atoms with E-state index in [1.807, 2.05) is 18.2 Å². The monoisotopic (exact) mass is 421 g/mol. The second-order valence-corrected chi connectivity index (χ2v) is 6.83. The molecule has 0 saturated heterocycles. The molecule has 3 aromatic rings. The van der Waals surface area contributed by atoms with Crippen LogP contribution in [0.15, 0.2) is 72.8 Å². The summed E-state index contributed by atoms with van der Waals surface area (Å²) in [5.74, 6) is -0.506. The van der Waals surface area contributed by atoms with Gasteiger partial charge in [-0.3, -0.25) is 14.9 Å². The van der Waals surface area contributed by atoms with E-state index in [0.29, 0.717) is 34.3 Å². The Morgan fingerprint density at radius 1 is 1.07 bits per heavy atom. The fourth-order valence-electron chi connectivity index (χ4n) is 2.84. The first-order valence-electron chi connectivity index (χ1n) is 8.91. The molecule has 0 aliphatic heterocycles. The van der Waals surface area contributed by atoms with Crippen LogP contribution in [0.5, 0.6) is 0 Å². The summed E-state index contributed by atoms with van der Waals surface area (Å²) in [6.07, 6.45) is 0. The van der Waals surface area contributed by atoms with Crippen molar-refractivity contribution in [1.82, 2.24) is 0 Å². The second-order valence-electron chi connectivity index (χ2n) is 6.44. The molecule has 0 saturated carbocycles. The lowest BCUT2D eigenvalue weighted by molar-refractivity contribution is -0.384. The lowest BCUT2D eigenvalue weighted by Crippen LogP contribution is -2.34. The Labute approximate surface area is 178 Å². The number of anilines is 3.